The second-order valence-corrected chi connectivity index (χ2v) is 4.26. The van der Waals surface area contributed by atoms with Crippen LogP contribution in [0, 0.1) is 5.41 Å². The summed E-state index contributed by atoms with van der Waals surface area (Å²) in [6, 6.07) is 0. The number of hydrogen-bond acceptors (Lipinski definition) is 2. The molecular weight excluding hydrogens is 154 g/mol. The largest absolute Gasteiger partial charge is 0.463 e. The van der Waals surface area contributed by atoms with Crippen molar-refractivity contribution in [3.63, 3.8) is 0 Å². The zero-order valence-corrected chi connectivity index (χ0v) is 8.02. The van der Waals surface area contributed by atoms with Gasteiger partial charge in [0, 0.05) is 5.41 Å². The van der Waals surface area contributed by atoms with Crippen molar-refractivity contribution in [3.05, 3.63) is 12.5 Å². The quantitative estimate of drug-likeness (QED) is 0.595. The molecule has 0 saturated carbocycles. The summed E-state index contributed by atoms with van der Waals surface area (Å²) in [6.07, 6.45) is 0. The highest BCUT2D eigenvalue weighted by Gasteiger charge is 2.51. The van der Waals surface area contributed by atoms with Gasteiger partial charge in [0.1, 0.15) is 0 Å². The summed E-state index contributed by atoms with van der Waals surface area (Å²) in [7, 11) is 0. The summed E-state index contributed by atoms with van der Waals surface area (Å²) < 4.78 is 5.37. The maximum absolute atomic E-state index is 11.5. The third-order valence-corrected chi connectivity index (χ3v) is 2.44. The third kappa shape index (κ3) is 1.09. The second-order valence-electron chi connectivity index (χ2n) is 4.26. The Morgan fingerprint density at radius 3 is 2.17 bits per heavy atom. The van der Waals surface area contributed by atoms with Gasteiger partial charge in [-0.05, 0) is 13.5 Å². The standard InChI is InChI=1S/C9H15NO2/c1-6-10-7(11)9(5,12-6)8(2,3)4/h1H2,2-5H3,(H,10,11). The molecule has 1 rings (SSSR count). The van der Waals surface area contributed by atoms with E-state index >= 15 is 0 Å². The van der Waals surface area contributed by atoms with Gasteiger partial charge in [-0.3, -0.25) is 10.1 Å². The Balaban J connectivity index is 3.00. The molecule has 1 amide bonds. The van der Waals surface area contributed by atoms with E-state index in [1.54, 1.807) is 6.92 Å². The number of carbonyl (C=O) groups excluding carboxylic acids is 1. The van der Waals surface area contributed by atoms with Crippen molar-refractivity contribution >= 4 is 5.91 Å². The normalized spacial score (nSPS) is 30.0. The Hall–Kier alpha value is -0.990. The van der Waals surface area contributed by atoms with Crippen LogP contribution in [-0.4, -0.2) is 11.5 Å². The molecule has 1 N–H and O–H groups in total. The Labute approximate surface area is 72.8 Å². The molecule has 68 valence electrons. The summed E-state index contributed by atoms with van der Waals surface area (Å²) in [6.45, 7) is 11.2. The molecular formula is C9H15NO2. The molecule has 1 aliphatic rings. The average Bonchev–Trinajstić information content (AvgIpc) is 2.06. The highest BCUT2D eigenvalue weighted by Crippen LogP contribution is 2.38. The first kappa shape index (κ1) is 9.10. The van der Waals surface area contributed by atoms with E-state index in [0.717, 1.165) is 0 Å². The lowest BCUT2D eigenvalue weighted by Crippen LogP contribution is -2.47. The van der Waals surface area contributed by atoms with Gasteiger partial charge in [0.2, 0.25) is 0 Å². The zero-order valence-electron chi connectivity index (χ0n) is 8.02. The molecule has 0 aromatic carbocycles. The summed E-state index contributed by atoms with van der Waals surface area (Å²) in [5.41, 5.74) is -1.01. The van der Waals surface area contributed by atoms with Crippen molar-refractivity contribution in [1.29, 1.82) is 0 Å². The van der Waals surface area contributed by atoms with Crippen LogP contribution < -0.4 is 5.32 Å². The van der Waals surface area contributed by atoms with E-state index in [1.165, 1.54) is 0 Å². The lowest BCUT2D eigenvalue weighted by atomic mass is 9.77. The Bertz CT molecular complexity index is 239. The van der Waals surface area contributed by atoms with E-state index in [1.807, 2.05) is 20.8 Å². The topological polar surface area (TPSA) is 38.3 Å². The predicted molar refractivity (Wildman–Crippen MR) is 46.2 cm³/mol. The van der Waals surface area contributed by atoms with Crippen LogP contribution >= 0.6 is 0 Å². The number of nitrogens with one attached hydrogen (secondary N) is 1. The van der Waals surface area contributed by atoms with Crippen molar-refractivity contribution < 1.29 is 9.53 Å². The highest BCUT2D eigenvalue weighted by atomic mass is 16.5. The Morgan fingerprint density at radius 2 is 2.00 bits per heavy atom. The van der Waals surface area contributed by atoms with E-state index in [9.17, 15) is 4.79 Å². The third-order valence-electron chi connectivity index (χ3n) is 2.44. The van der Waals surface area contributed by atoms with Crippen LogP contribution in [0.2, 0.25) is 0 Å². The summed E-state index contributed by atoms with van der Waals surface area (Å²) in [5, 5.41) is 2.56. The van der Waals surface area contributed by atoms with Crippen LogP contribution in [0.15, 0.2) is 12.5 Å². The molecule has 3 nitrogen and oxygen atoms in total. The van der Waals surface area contributed by atoms with Gasteiger partial charge in [-0.2, -0.15) is 0 Å². The molecule has 1 heterocycles. The second kappa shape index (κ2) is 2.25. The zero-order chi connectivity index (χ0) is 9.57. The molecule has 0 spiro atoms. The molecule has 0 aliphatic carbocycles. The predicted octanol–water partition coefficient (Wildman–Crippen LogP) is 1.41. The monoisotopic (exact) mass is 169 g/mol. The lowest BCUT2D eigenvalue weighted by molar-refractivity contribution is -0.139. The molecule has 1 aliphatic heterocycles. The smallest absolute Gasteiger partial charge is 0.271 e. The van der Waals surface area contributed by atoms with Gasteiger partial charge >= 0.3 is 0 Å². The minimum absolute atomic E-state index is 0.111. The van der Waals surface area contributed by atoms with Gasteiger partial charge in [0.05, 0.1) is 0 Å². The molecule has 0 radical (unpaired) electrons. The first-order valence-corrected chi connectivity index (χ1v) is 3.97. The number of rotatable bonds is 0. The fourth-order valence-corrected chi connectivity index (χ4v) is 1.06. The minimum Gasteiger partial charge on any atom is -0.463 e. The van der Waals surface area contributed by atoms with Crippen LogP contribution in [0.5, 0.6) is 0 Å². The molecule has 3 heteroatoms. The van der Waals surface area contributed by atoms with Crippen LogP contribution in [-0.2, 0) is 9.53 Å². The van der Waals surface area contributed by atoms with Gasteiger partial charge in [-0.15, -0.1) is 0 Å². The minimum atomic E-state index is -0.788. The van der Waals surface area contributed by atoms with Crippen molar-refractivity contribution in [1.82, 2.24) is 5.32 Å². The fraction of sp³-hybridized carbons (Fsp3) is 0.667. The van der Waals surface area contributed by atoms with Crippen molar-refractivity contribution in [3.8, 4) is 0 Å². The number of amides is 1. The van der Waals surface area contributed by atoms with E-state index in [0.29, 0.717) is 5.88 Å². The van der Waals surface area contributed by atoms with Crippen molar-refractivity contribution in [2.75, 3.05) is 0 Å². The van der Waals surface area contributed by atoms with Gasteiger partial charge in [-0.1, -0.05) is 20.8 Å². The number of hydrogen-bond donors (Lipinski definition) is 1. The van der Waals surface area contributed by atoms with E-state index in [4.69, 9.17) is 4.74 Å². The molecule has 0 aromatic heterocycles. The first-order valence-electron chi connectivity index (χ1n) is 3.97. The van der Waals surface area contributed by atoms with E-state index in [-0.39, 0.29) is 11.3 Å². The van der Waals surface area contributed by atoms with Gasteiger partial charge in [0.25, 0.3) is 5.91 Å². The van der Waals surface area contributed by atoms with Crippen LogP contribution in [0.4, 0.5) is 0 Å². The van der Waals surface area contributed by atoms with Crippen molar-refractivity contribution in [2.45, 2.75) is 33.3 Å². The maximum atomic E-state index is 11.5. The first-order chi connectivity index (χ1) is 5.27. The molecule has 0 aromatic rings. The van der Waals surface area contributed by atoms with Gasteiger partial charge in [-0.25, -0.2) is 0 Å². The SMILES string of the molecule is C=C1NC(=O)C(C)(C(C)(C)C)O1. The molecule has 1 atom stereocenters. The molecule has 1 unspecified atom stereocenters. The van der Waals surface area contributed by atoms with E-state index in [2.05, 4.69) is 11.9 Å². The summed E-state index contributed by atoms with van der Waals surface area (Å²) >= 11 is 0. The number of carbonyl (C=O) groups is 1. The number of ether oxygens (including phenoxy) is 1. The van der Waals surface area contributed by atoms with Crippen LogP contribution in [0.25, 0.3) is 0 Å². The van der Waals surface area contributed by atoms with Crippen molar-refractivity contribution in [2.24, 2.45) is 5.41 Å². The molecule has 12 heavy (non-hydrogen) atoms. The maximum Gasteiger partial charge on any atom is 0.271 e. The van der Waals surface area contributed by atoms with Crippen LogP contribution in [0.3, 0.4) is 0 Å². The summed E-state index contributed by atoms with van der Waals surface area (Å²) in [5.74, 6) is 0.234. The Kier molecular flexibility index (Phi) is 1.71. The molecule has 1 saturated heterocycles. The Morgan fingerprint density at radius 1 is 1.50 bits per heavy atom. The summed E-state index contributed by atoms with van der Waals surface area (Å²) in [4.78, 5) is 11.5. The van der Waals surface area contributed by atoms with E-state index < -0.39 is 5.60 Å². The molecule has 1 fully saturated rings. The van der Waals surface area contributed by atoms with Gasteiger partial charge < -0.3 is 4.74 Å². The average molecular weight is 169 g/mol. The fourth-order valence-electron chi connectivity index (χ4n) is 1.06. The lowest BCUT2D eigenvalue weighted by Gasteiger charge is -2.34. The molecule has 0 bridgehead atoms. The highest BCUT2D eigenvalue weighted by molar-refractivity contribution is 5.89. The van der Waals surface area contributed by atoms with Crippen LogP contribution in [0.1, 0.15) is 27.7 Å². The van der Waals surface area contributed by atoms with Gasteiger partial charge in [0.15, 0.2) is 11.5 Å².